The molecule has 2 aliphatic heterocycles. The number of rotatable bonds is 2. The van der Waals surface area contributed by atoms with Crippen LogP contribution in [-0.4, -0.2) is 19.9 Å². The molecule has 6 rings (SSSR count). The molecule has 2 N–H and O–H groups in total. The Bertz CT molecular complexity index is 1800. The van der Waals surface area contributed by atoms with Gasteiger partial charge in [0.05, 0.1) is 22.8 Å². The second kappa shape index (κ2) is 8.94. The highest BCUT2D eigenvalue weighted by atomic mass is 14.8. The van der Waals surface area contributed by atoms with Gasteiger partial charge < -0.3 is 9.97 Å². The van der Waals surface area contributed by atoms with Crippen molar-refractivity contribution in [2.45, 2.75) is 80.6 Å². The maximum absolute atomic E-state index is 5.34. The van der Waals surface area contributed by atoms with Crippen molar-refractivity contribution in [3.8, 4) is 0 Å². The van der Waals surface area contributed by atoms with Crippen LogP contribution in [0.15, 0.2) is 42.0 Å². The van der Waals surface area contributed by atoms with Crippen molar-refractivity contribution < 1.29 is 0 Å². The molecule has 3 aliphatic rings. The van der Waals surface area contributed by atoms with E-state index in [2.05, 4.69) is 109 Å². The zero-order chi connectivity index (χ0) is 27.8. The topological polar surface area (TPSA) is 57.4 Å². The minimum Gasteiger partial charge on any atom is -0.355 e. The second-order valence-electron chi connectivity index (χ2n) is 11.8. The highest BCUT2D eigenvalue weighted by molar-refractivity contribution is 5.92. The van der Waals surface area contributed by atoms with Gasteiger partial charge in [-0.1, -0.05) is 38.5 Å². The summed E-state index contributed by atoms with van der Waals surface area (Å²) in [5, 5.41) is 0. The highest BCUT2D eigenvalue weighted by Gasteiger charge is 2.45. The van der Waals surface area contributed by atoms with Gasteiger partial charge >= 0.3 is 0 Å². The Morgan fingerprint density at radius 3 is 1.79 bits per heavy atom. The van der Waals surface area contributed by atoms with E-state index < -0.39 is 0 Å². The molecule has 3 aromatic rings. The first-order valence-corrected chi connectivity index (χ1v) is 14.4. The Labute approximate surface area is 232 Å². The minimum absolute atomic E-state index is 0.203. The normalized spacial score (nSPS) is 20.7. The number of nitrogens with one attached hydrogen (secondary N) is 2. The average Bonchev–Trinajstić information content (AvgIpc) is 3.55. The van der Waals surface area contributed by atoms with Gasteiger partial charge in [0.15, 0.2) is 0 Å². The van der Waals surface area contributed by atoms with Crippen molar-refractivity contribution in [3.63, 3.8) is 0 Å². The number of aromatic nitrogens is 4. The Morgan fingerprint density at radius 2 is 1.23 bits per heavy atom. The SMILES string of the molecule is CCc1c(C)c2cc3nc(cc4nc(cc5[nH]c(cc1[nH]2)c(CC)c5C)C(C)=C4C)C1(C)C3=CC=C(C)C1C. The lowest BCUT2D eigenvalue weighted by Crippen LogP contribution is -2.31. The van der Waals surface area contributed by atoms with Crippen LogP contribution in [-0.2, 0) is 18.3 Å². The maximum atomic E-state index is 5.34. The molecule has 3 aromatic heterocycles. The van der Waals surface area contributed by atoms with Crippen LogP contribution in [0.2, 0.25) is 0 Å². The van der Waals surface area contributed by atoms with Gasteiger partial charge in [0.25, 0.3) is 0 Å². The number of nitrogens with zero attached hydrogens (tertiary/aromatic N) is 2. The maximum Gasteiger partial charge on any atom is 0.0695 e. The third kappa shape index (κ3) is 3.64. The number of fused-ring (bicyclic) bond motifs is 11. The molecule has 1 aliphatic carbocycles. The molecule has 0 aromatic carbocycles. The summed E-state index contributed by atoms with van der Waals surface area (Å²) in [5.74, 6) is 0.342. The van der Waals surface area contributed by atoms with E-state index in [0.29, 0.717) is 5.92 Å². The summed E-state index contributed by atoms with van der Waals surface area (Å²) in [7, 11) is 0. The molecule has 0 saturated heterocycles. The fourth-order valence-corrected chi connectivity index (χ4v) is 6.84. The van der Waals surface area contributed by atoms with Gasteiger partial charge in [-0.3, -0.25) is 4.98 Å². The molecule has 8 bridgehead atoms. The summed E-state index contributed by atoms with van der Waals surface area (Å²) in [6.45, 7) is 20.3. The Morgan fingerprint density at radius 1 is 0.692 bits per heavy atom. The molecule has 2 unspecified atom stereocenters. The summed E-state index contributed by atoms with van der Waals surface area (Å²) < 4.78 is 0. The van der Waals surface area contributed by atoms with E-state index in [-0.39, 0.29) is 5.41 Å². The van der Waals surface area contributed by atoms with Crippen molar-refractivity contribution in [1.29, 1.82) is 0 Å². The third-order valence-corrected chi connectivity index (χ3v) is 9.98. The molecule has 4 nitrogen and oxygen atoms in total. The van der Waals surface area contributed by atoms with E-state index in [1.807, 2.05) is 0 Å². The second-order valence-corrected chi connectivity index (χ2v) is 11.8. The number of aromatic amines is 2. The molecule has 0 amide bonds. The summed E-state index contributed by atoms with van der Waals surface area (Å²) >= 11 is 0. The van der Waals surface area contributed by atoms with Gasteiger partial charge in [-0.2, -0.15) is 0 Å². The van der Waals surface area contributed by atoms with Crippen LogP contribution in [0.5, 0.6) is 0 Å². The van der Waals surface area contributed by atoms with Gasteiger partial charge in [-0.15, -0.1) is 0 Å². The largest absolute Gasteiger partial charge is 0.355 e. The summed E-state index contributed by atoms with van der Waals surface area (Å²) in [6, 6.07) is 9.05. The van der Waals surface area contributed by atoms with Gasteiger partial charge in [0.2, 0.25) is 0 Å². The number of allylic oxidation sites excluding steroid dienone is 6. The van der Waals surface area contributed by atoms with Crippen molar-refractivity contribution in [2.24, 2.45) is 5.92 Å². The lowest BCUT2D eigenvalue weighted by atomic mass is 9.65. The van der Waals surface area contributed by atoms with Crippen LogP contribution >= 0.6 is 0 Å². The summed E-state index contributed by atoms with van der Waals surface area (Å²) in [4.78, 5) is 18.0. The first kappa shape index (κ1) is 25.6. The Balaban J connectivity index is 1.81. The van der Waals surface area contributed by atoms with Gasteiger partial charge in [0.1, 0.15) is 0 Å². The molecule has 0 radical (unpaired) electrons. The van der Waals surface area contributed by atoms with E-state index in [9.17, 15) is 0 Å². The average molecular weight is 517 g/mol. The lowest BCUT2D eigenvalue weighted by molar-refractivity contribution is 0.454. The lowest BCUT2D eigenvalue weighted by Gasteiger charge is -2.36. The molecular weight excluding hydrogens is 476 g/mol. The van der Waals surface area contributed by atoms with Crippen molar-refractivity contribution in [1.82, 2.24) is 19.9 Å². The van der Waals surface area contributed by atoms with Crippen molar-refractivity contribution in [3.05, 3.63) is 87.0 Å². The summed E-state index contributed by atoms with van der Waals surface area (Å²) in [5.41, 5.74) is 19.0. The van der Waals surface area contributed by atoms with Crippen LogP contribution in [0.1, 0.15) is 93.5 Å². The molecule has 0 saturated carbocycles. The predicted molar refractivity (Wildman–Crippen MR) is 166 cm³/mol. The van der Waals surface area contributed by atoms with E-state index in [1.54, 1.807) is 0 Å². The van der Waals surface area contributed by atoms with E-state index in [4.69, 9.17) is 9.97 Å². The van der Waals surface area contributed by atoms with E-state index >= 15 is 0 Å². The Kier molecular flexibility index (Phi) is 5.87. The van der Waals surface area contributed by atoms with Crippen LogP contribution in [0.25, 0.3) is 38.8 Å². The molecule has 0 spiro atoms. The van der Waals surface area contributed by atoms with Crippen molar-refractivity contribution in [2.75, 3.05) is 0 Å². The molecule has 4 heteroatoms. The molecular formula is C35H40N4. The third-order valence-electron chi connectivity index (χ3n) is 9.98. The number of hydrogen-bond donors (Lipinski definition) is 2. The molecule has 5 heterocycles. The van der Waals surface area contributed by atoms with Gasteiger partial charge in [0, 0.05) is 27.5 Å². The number of H-pyrrole nitrogens is 2. The van der Waals surface area contributed by atoms with Crippen LogP contribution < -0.4 is 0 Å². The highest BCUT2D eigenvalue weighted by Crippen LogP contribution is 2.51. The molecule has 0 fully saturated rings. The zero-order valence-corrected chi connectivity index (χ0v) is 24.9. The Hall–Kier alpha value is -3.66. The molecule has 39 heavy (non-hydrogen) atoms. The van der Waals surface area contributed by atoms with Crippen LogP contribution in [0.3, 0.4) is 0 Å². The van der Waals surface area contributed by atoms with E-state index in [1.165, 1.54) is 55.6 Å². The van der Waals surface area contributed by atoms with Gasteiger partial charge in [-0.25, -0.2) is 4.98 Å². The zero-order valence-electron chi connectivity index (χ0n) is 24.9. The van der Waals surface area contributed by atoms with E-state index in [0.717, 1.165) is 46.7 Å². The molecule has 200 valence electrons. The first-order chi connectivity index (χ1) is 18.6. The number of aryl methyl sites for hydroxylation is 4. The fraction of sp³-hybridized carbons (Fsp3) is 0.371. The van der Waals surface area contributed by atoms with Crippen LogP contribution in [0.4, 0.5) is 0 Å². The predicted octanol–water partition coefficient (Wildman–Crippen LogP) is 8.94. The first-order valence-electron chi connectivity index (χ1n) is 14.4. The fourth-order valence-electron chi connectivity index (χ4n) is 6.84. The van der Waals surface area contributed by atoms with Gasteiger partial charge in [-0.05, 0) is 124 Å². The molecule has 2 atom stereocenters. The quantitative estimate of drug-likeness (QED) is 0.357. The van der Waals surface area contributed by atoms with Crippen LogP contribution in [0, 0.1) is 19.8 Å². The number of hydrogen-bond acceptors (Lipinski definition) is 2. The minimum atomic E-state index is -0.203. The van der Waals surface area contributed by atoms with Crippen molar-refractivity contribution >= 4 is 38.8 Å². The summed E-state index contributed by atoms with van der Waals surface area (Å²) in [6.07, 6.45) is 6.51. The standard InChI is InChI=1S/C35H40N4/c1-10-24-21(6)28-14-27-19(4)20(5)30(36-27)17-34-35(9)23(8)18(3)12-13-26(35)33(39-34)15-29-22(7)25(11-2)32(38-29)16-31(24)37-28/h12-17,23,37-38H,10-11H2,1-9H3. The smallest absolute Gasteiger partial charge is 0.0695 e. The monoisotopic (exact) mass is 516 g/mol.